The minimum Gasteiger partial charge on any atom is -0.379 e. The van der Waals surface area contributed by atoms with Crippen LogP contribution in [0, 0.1) is 0 Å². The van der Waals surface area contributed by atoms with E-state index < -0.39 is 11.6 Å². The molecule has 0 saturated heterocycles. The van der Waals surface area contributed by atoms with Crippen LogP contribution < -0.4 is 0 Å². The lowest BCUT2D eigenvalue weighted by atomic mass is 9.68. The fourth-order valence-electron chi connectivity index (χ4n) is 3.30. The summed E-state index contributed by atoms with van der Waals surface area (Å²) < 4.78 is 49.0. The zero-order valence-corrected chi connectivity index (χ0v) is 15.0. The van der Waals surface area contributed by atoms with Crippen LogP contribution in [0.15, 0.2) is 47.1 Å². The highest BCUT2D eigenvalue weighted by atomic mass is 35.5. The molecule has 1 N–H and O–H groups in total. The molecule has 0 fully saturated rings. The third kappa shape index (κ3) is 3.04. The highest BCUT2D eigenvalue weighted by Gasteiger charge is 2.61. The van der Waals surface area contributed by atoms with Crippen molar-refractivity contribution in [3.05, 3.63) is 52.7 Å². The largest absolute Gasteiger partial charge is 0.402 e. The van der Waals surface area contributed by atoms with Gasteiger partial charge in [0.1, 0.15) is 5.41 Å². The van der Waals surface area contributed by atoms with Gasteiger partial charge in [0.25, 0.3) is 0 Å². The minimum atomic E-state index is -4.65. The number of fused-ring (bicyclic) bond motifs is 2. The van der Waals surface area contributed by atoms with Crippen LogP contribution >= 0.6 is 11.6 Å². The molecule has 1 unspecified atom stereocenters. The fraction of sp³-hybridized carbons (Fsp3) is 0.389. The quantitative estimate of drug-likeness (QED) is 0.778. The van der Waals surface area contributed by atoms with Crippen molar-refractivity contribution in [3.63, 3.8) is 0 Å². The molecule has 2 heterocycles. The lowest BCUT2D eigenvalue weighted by Crippen LogP contribution is -2.51. The van der Waals surface area contributed by atoms with Crippen molar-refractivity contribution in [1.29, 1.82) is 0 Å². The summed E-state index contributed by atoms with van der Waals surface area (Å²) >= 11 is 6.00. The Labute approximate surface area is 154 Å². The number of alkyl halides is 3. The number of nitrogens with zero attached hydrogens (tertiary/aromatic N) is 2. The van der Waals surface area contributed by atoms with E-state index in [1.165, 1.54) is 36.6 Å². The van der Waals surface area contributed by atoms with Crippen LogP contribution in [0.4, 0.5) is 18.9 Å². The third-order valence-corrected chi connectivity index (χ3v) is 4.70. The van der Waals surface area contributed by atoms with Crippen molar-refractivity contribution in [2.24, 2.45) is 4.99 Å². The first-order chi connectivity index (χ1) is 12.2. The topological polar surface area (TPSA) is 45.1 Å². The average Bonchev–Trinajstić information content (AvgIpc) is 2.54. The van der Waals surface area contributed by atoms with Crippen molar-refractivity contribution in [1.82, 2.24) is 5.06 Å². The van der Waals surface area contributed by atoms with Gasteiger partial charge < -0.3 is 4.74 Å². The van der Waals surface area contributed by atoms with Crippen molar-refractivity contribution in [2.75, 3.05) is 6.61 Å². The summed E-state index contributed by atoms with van der Waals surface area (Å²) in [5, 5.41) is 10.8. The zero-order valence-electron chi connectivity index (χ0n) is 14.2. The molecular weight excluding hydrogens is 369 g/mol. The molecule has 0 bridgehead atoms. The molecule has 0 spiro atoms. The fourth-order valence-corrected chi connectivity index (χ4v) is 3.48. The minimum absolute atomic E-state index is 0.0384. The molecule has 26 heavy (non-hydrogen) atoms. The third-order valence-electron chi connectivity index (χ3n) is 4.46. The first-order valence-corrected chi connectivity index (χ1v) is 8.49. The van der Waals surface area contributed by atoms with E-state index in [-0.39, 0.29) is 46.8 Å². The van der Waals surface area contributed by atoms with Crippen LogP contribution in [-0.4, -0.2) is 35.0 Å². The maximum atomic E-state index is 14.5. The van der Waals surface area contributed by atoms with Crippen molar-refractivity contribution < 1.29 is 23.1 Å². The van der Waals surface area contributed by atoms with Gasteiger partial charge in [-0.15, -0.1) is 0 Å². The van der Waals surface area contributed by atoms with Crippen LogP contribution in [0.5, 0.6) is 0 Å². The molecule has 4 nitrogen and oxygen atoms in total. The summed E-state index contributed by atoms with van der Waals surface area (Å²) in [6.45, 7) is 3.41. The highest BCUT2D eigenvalue weighted by molar-refractivity contribution is 6.30. The molecule has 0 aromatic heterocycles. The molecule has 1 aromatic carbocycles. The summed E-state index contributed by atoms with van der Waals surface area (Å²) in [4.78, 5) is 4.22. The Morgan fingerprint density at radius 3 is 2.73 bits per heavy atom. The maximum Gasteiger partial charge on any atom is 0.402 e. The van der Waals surface area contributed by atoms with Gasteiger partial charge in [-0.05, 0) is 50.1 Å². The van der Waals surface area contributed by atoms with E-state index >= 15 is 0 Å². The van der Waals surface area contributed by atoms with Crippen LogP contribution in [0.25, 0.3) is 0 Å². The second kappa shape index (κ2) is 6.72. The Hall–Kier alpha value is -1.83. The summed E-state index contributed by atoms with van der Waals surface area (Å²) in [5.74, 6) is -0.149. The van der Waals surface area contributed by atoms with Gasteiger partial charge in [-0.2, -0.15) is 13.2 Å². The van der Waals surface area contributed by atoms with Gasteiger partial charge in [-0.25, -0.2) is 10.1 Å². The number of rotatable bonds is 4. The van der Waals surface area contributed by atoms with Gasteiger partial charge >= 0.3 is 6.18 Å². The van der Waals surface area contributed by atoms with Crippen LogP contribution in [0.3, 0.4) is 0 Å². The zero-order chi connectivity index (χ0) is 19.1. The van der Waals surface area contributed by atoms with Gasteiger partial charge in [0.15, 0.2) is 5.84 Å². The summed E-state index contributed by atoms with van der Waals surface area (Å²) in [6, 6.07) is 4.20. The predicted molar refractivity (Wildman–Crippen MR) is 92.8 cm³/mol. The molecule has 1 aromatic rings. The van der Waals surface area contributed by atoms with Crippen LogP contribution in [-0.2, 0) is 10.2 Å². The van der Waals surface area contributed by atoms with Crippen molar-refractivity contribution >= 4 is 23.1 Å². The number of benzene rings is 1. The number of aliphatic imine (C=N–C) groups is 1. The number of hydrogen-bond donors (Lipinski definition) is 1. The Bertz CT molecular complexity index is 802. The molecule has 2 aliphatic heterocycles. The molecule has 0 saturated carbocycles. The van der Waals surface area contributed by atoms with Gasteiger partial charge in [0.05, 0.1) is 11.8 Å². The summed E-state index contributed by atoms with van der Waals surface area (Å²) in [6.07, 6.45) is -1.27. The second-order valence-electron chi connectivity index (χ2n) is 6.44. The molecular formula is C18H18ClF3N2O2. The summed E-state index contributed by atoms with van der Waals surface area (Å²) in [7, 11) is 0. The number of hydrogen-bond acceptors (Lipinski definition) is 4. The Morgan fingerprint density at radius 1 is 1.35 bits per heavy atom. The number of ether oxygens (including phenoxy) is 1. The predicted octanol–water partition coefficient (Wildman–Crippen LogP) is 5.14. The van der Waals surface area contributed by atoms with E-state index in [1.807, 2.05) is 0 Å². The molecule has 3 rings (SSSR count). The van der Waals surface area contributed by atoms with Gasteiger partial charge in [-0.1, -0.05) is 17.7 Å². The lowest BCUT2D eigenvalue weighted by Gasteiger charge is -2.43. The van der Waals surface area contributed by atoms with Gasteiger partial charge in [0.2, 0.25) is 0 Å². The molecule has 0 amide bonds. The van der Waals surface area contributed by atoms with E-state index in [1.54, 1.807) is 13.8 Å². The first-order valence-electron chi connectivity index (χ1n) is 8.11. The molecule has 8 heteroatoms. The SMILES string of the molecule is CC(C)OCCC1(C(F)(F)F)C2=CC=CN(O)C2=Nc2ccc(Cl)cc21. The van der Waals surface area contributed by atoms with E-state index in [0.29, 0.717) is 5.06 Å². The smallest absolute Gasteiger partial charge is 0.379 e. The number of halogens is 4. The standard InChI is InChI=1S/C18H18ClF3N2O2/c1-11(2)26-9-7-17(18(20,21)22)13-4-3-8-24(25)16(13)23-15-6-5-12(19)10-14(15)17/h3-6,8,10-11,25H,7,9H2,1-2H3. The van der Waals surface area contributed by atoms with E-state index in [9.17, 15) is 18.4 Å². The lowest BCUT2D eigenvalue weighted by molar-refractivity contribution is -0.184. The Morgan fingerprint density at radius 2 is 2.08 bits per heavy atom. The summed E-state index contributed by atoms with van der Waals surface area (Å²) in [5.41, 5.74) is -2.43. The Balaban J connectivity index is 2.24. The molecule has 0 aliphatic carbocycles. The Kier molecular flexibility index (Phi) is 4.90. The van der Waals surface area contributed by atoms with Crippen LogP contribution in [0.2, 0.25) is 5.02 Å². The van der Waals surface area contributed by atoms with E-state index in [0.717, 1.165) is 0 Å². The average molecular weight is 387 g/mol. The number of allylic oxidation sites excluding steroid dienone is 2. The normalized spacial score (nSPS) is 22.1. The van der Waals surface area contributed by atoms with Gasteiger partial charge in [-0.3, -0.25) is 5.21 Å². The van der Waals surface area contributed by atoms with Gasteiger partial charge in [0, 0.05) is 23.4 Å². The molecule has 1 atom stereocenters. The molecule has 140 valence electrons. The monoisotopic (exact) mass is 386 g/mol. The van der Waals surface area contributed by atoms with Crippen LogP contribution in [0.1, 0.15) is 25.8 Å². The number of amidine groups is 1. The van der Waals surface area contributed by atoms with E-state index in [4.69, 9.17) is 16.3 Å². The molecule has 0 radical (unpaired) electrons. The van der Waals surface area contributed by atoms with E-state index in [2.05, 4.69) is 4.99 Å². The first kappa shape index (κ1) is 18.9. The number of hydroxylamine groups is 2. The van der Waals surface area contributed by atoms with Crippen molar-refractivity contribution in [3.8, 4) is 0 Å². The second-order valence-corrected chi connectivity index (χ2v) is 6.87. The van der Waals surface area contributed by atoms with Crippen molar-refractivity contribution in [2.45, 2.75) is 38.0 Å². The maximum absolute atomic E-state index is 14.5. The highest BCUT2D eigenvalue weighted by Crippen LogP contribution is 2.55. The molecule has 2 aliphatic rings.